The zero-order valence-electron chi connectivity index (χ0n) is 7.20. The normalized spacial score (nSPS) is 17.1. The molecule has 6 heteroatoms. The molecule has 0 aromatic heterocycles. The number of hydrogen-bond donors (Lipinski definition) is 1. The van der Waals surface area contributed by atoms with Crippen molar-refractivity contribution in [1.29, 1.82) is 0 Å². The summed E-state index contributed by atoms with van der Waals surface area (Å²) in [6.45, 7) is 0.437. The Kier molecular flexibility index (Phi) is 5.06. The van der Waals surface area contributed by atoms with Gasteiger partial charge in [-0.25, -0.2) is 4.39 Å². The largest absolute Gasteiger partial charge is 0.422 e. The Labute approximate surface area is 78.5 Å². The highest BCUT2D eigenvalue weighted by Crippen LogP contribution is 2.36. The molecule has 0 radical (unpaired) electrons. The van der Waals surface area contributed by atoms with Crippen LogP contribution in [0.3, 0.4) is 0 Å². The first-order valence-corrected chi connectivity index (χ1v) is 4.91. The second-order valence-electron chi connectivity index (χ2n) is 2.78. The Morgan fingerprint density at radius 3 is 2.08 bits per heavy atom. The van der Waals surface area contributed by atoms with Gasteiger partial charge >= 0.3 is 6.18 Å². The SMILES string of the molecule is CC(F)(CCSCCO)C(F)(F)F. The molecule has 1 atom stereocenters. The number of halogens is 4. The van der Waals surface area contributed by atoms with E-state index in [1.54, 1.807) is 0 Å². The van der Waals surface area contributed by atoms with Crippen LogP contribution in [0.1, 0.15) is 13.3 Å². The van der Waals surface area contributed by atoms with Gasteiger partial charge in [-0.15, -0.1) is 0 Å². The van der Waals surface area contributed by atoms with E-state index >= 15 is 0 Å². The molecular formula is C7H12F4OS. The Hall–Kier alpha value is 0.0300. The lowest BCUT2D eigenvalue weighted by molar-refractivity contribution is -0.224. The van der Waals surface area contributed by atoms with Crippen molar-refractivity contribution in [2.45, 2.75) is 25.2 Å². The second kappa shape index (κ2) is 5.05. The fourth-order valence-corrected chi connectivity index (χ4v) is 1.43. The Bertz CT molecular complexity index is 146. The second-order valence-corrected chi connectivity index (χ2v) is 4.01. The van der Waals surface area contributed by atoms with E-state index in [2.05, 4.69) is 0 Å². The van der Waals surface area contributed by atoms with Gasteiger partial charge in [0.1, 0.15) is 0 Å². The predicted molar refractivity (Wildman–Crippen MR) is 44.6 cm³/mol. The number of thioether (sulfide) groups is 1. The number of aliphatic hydroxyl groups excluding tert-OH is 1. The average molecular weight is 220 g/mol. The molecule has 0 aromatic carbocycles. The van der Waals surface area contributed by atoms with Crippen molar-refractivity contribution in [2.24, 2.45) is 0 Å². The zero-order valence-corrected chi connectivity index (χ0v) is 8.01. The van der Waals surface area contributed by atoms with Gasteiger partial charge < -0.3 is 5.11 Å². The van der Waals surface area contributed by atoms with E-state index in [4.69, 9.17) is 5.11 Å². The molecule has 0 aliphatic heterocycles. The molecule has 0 aliphatic rings. The molecule has 0 amide bonds. The van der Waals surface area contributed by atoms with E-state index < -0.39 is 18.3 Å². The Morgan fingerprint density at radius 1 is 1.15 bits per heavy atom. The predicted octanol–water partition coefficient (Wildman–Crippen LogP) is 2.39. The summed E-state index contributed by atoms with van der Waals surface area (Å²) >= 11 is 1.11. The summed E-state index contributed by atoms with van der Waals surface area (Å²) in [6, 6.07) is 0. The highest BCUT2D eigenvalue weighted by molar-refractivity contribution is 7.99. The lowest BCUT2D eigenvalue weighted by Crippen LogP contribution is -2.38. The van der Waals surface area contributed by atoms with Crippen molar-refractivity contribution in [3.8, 4) is 0 Å². The van der Waals surface area contributed by atoms with Crippen LogP contribution in [-0.2, 0) is 0 Å². The maximum atomic E-state index is 12.8. The van der Waals surface area contributed by atoms with Crippen molar-refractivity contribution in [1.82, 2.24) is 0 Å². The van der Waals surface area contributed by atoms with Gasteiger partial charge in [-0.05, 0) is 19.1 Å². The van der Waals surface area contributed by atoms with E-state index in [1.165, 1.54) is 0 Å². The molecule has 0 bridgehead atoms. The molecule has 1 nitrogen and oxygen atoms in total. The third-order valence-corrected chi connectivity index (χ3v) is 2.51. The van der Waals surface area contributed by atoms with Crippen LogP contribution in [-0.4, -0.2) is 35.1 Å². The van der Waals surface area contributed by atoms with Gasteiger partial charge in [0.2, 0.25) is 5.67 Å². The standard InChI is InChI=1S/C7H12F4OS/c1-6(8,7(9,10)11)2-4-13-5-3-12/h12H,2-5H2,1H3. The molecular weight excluding hydrogens is 208 g/mol. The number of alkyl halides is 4. The van der Waals surface area contributed by atoms with Crippen LogP contribution < -0.4 is 0 Å². The quantitative estimate of drug-likeness (QED) is 0.567. The van der Waals surface area contributed by atoms with Crippen LogP contribution in [0.25, 0.3) is 0 Å². The van der Waals surface area contributed by atoms with Gasteiger partial charge in [-0.3, -0.25) is 0 Å². The fraction of sp³-hybridized carbons (Fsp3) is 1.00. The van der Waals surface area contributed by atoms with Crippen molar-refractivity contribution >= 4 is 11.8 Å². The van der Waals surface area contributed by atoms with Crippen LogP contribution in [0.2, 0.25) is 0 Å². The van der Waals surface area contributed by atoms with Crippen molar-refractivity contribution in [2.75, 3.05) is 18.1 Å². The lowest BCUT2D eigenvalue weighted by atomic mass is 10.1. The van der Waals surface area contributed by atoms with Gasteiger partial charge in [-0.1, -0.05) is 0 Å². The third-order valence-electron chi connectivity index (χ3n) is 1.54. The van der Waals surface area contributed by atoms with E-state index in [0.717, 1.165) is 11.8 Å². The Morgan fingerprint density at radius 2 is 1.69 bits per heavy atom. The number of rotatable bonds is 5. The summed E-state index contributed by atoms with van der Waals surface area (Å²) in [5.41, 5.74) is -3.12. The van der Waals surface area contributed by atoms with Crippen LogP contribution in [0.15, 0.2) is 0 Å². The van der Waals surface area contributed by atoms with Crippen LogP contribution in [0.4, 0.5) is 17.6 Å². The zero-order chi connectivity index (χ0) is 10.5. The summed E-state index contributed by atoms with van der Waals surface area (Å²) in [5, 5.41) is 8.32. The fourth-order valence-electron chi connectivity index (χ4n) is 0.572. The first-order chi connectivity index (χ1) is 5.81. The molecule has 0 rings (SSSR count). The molecule has 1 N–H and O–H groups in total. The summed E-state index contributed by atoms with van der Waals surface area (Å²) in [5.74, 6) is 0.404. The maximum Gasteiger partial charge on any atom is 0.422 e. The van der Waals surface area contributed by atoms with Gasteiger partial charge in [0, 0.05) is 5.75 Å². The summed E-state index contributed by atoms with van der Waals surface area (Å²) in [6.07, 6.45) is -5.37. The average Bonchev–Trinajstić information content (AvgIpc) is 1.96. The van der Waals surface area contributed by atoms with Gasteiger partial charge in [0.15, 0.2) is 0 Å². The molecule has 0 aromatic rings. The summed E-state index contributed by atoms with van der Waals surface area (Å²) < 4.78 is 48.6. The highest BCUT2D eigenvalue weighted by atomic mass is 32.2. The van der Waals surface area contributed by atoms with Gasteiger partial charge in [-0.2, -0.15) is 24.9 Å². The molecule has 13 heavy (non-hydrogen) atoms. The van der Waals surface area contributed by atoms with E-state index in [1.807, 2.05) is 0 Å². The minimum atomic E-state index is -4.80. The summed E-state index contributed by atoms with van der Waals surface area (Å²) in [4.78, 5) is 0. The molecule has 0 fully saturated rings. The maximum absolute atomic E-state index is 12.8. The minimum Gasteiger partial charge on any atom is -0.396 e. The van der Waals surface area contributed by atoms with Crippen LogP contribution in [0, 0.1) is 0 Å². The first-order valence-electron chi connectivity index (χ1n) is 3.75. The number of hydrogen-bond acceptors (Lipinski definition) is 2. The molecule has 80 valence electrons. The topological polar surface area (TPSA) is 20.2 Å². The van der Waals surface area contributed by atoms with Crippen molar-refractivity contribution in [3.05, 3.63) is 0 Å². The minimum absolute atomic E-state index is 0.0626. The van der Waals surface area contributed by atoms with Crippen molar-refractivity contribution < 1.29 is 22.7 Å². The van der Waals surface area contributed by atoms with E-state index in [0.29, 0.717) is 12.7 Å². The lowest BCUT2D eigenvalue weighted by Gasteiger charge is -2.22. The van der Waals surface area contributed by atoms with Gasteiger partial charge in [0.05, 0.1) is 6.61 Å². The number of aliphatic hydroxyl groups is 1. The highest BCUT2D eigenvalue weighted by Gasteiger charge is 2.51. The van der Waals surface area contributed by atoms with E-state index in [9.17, 15) is 17.6 Å². The van der Waals surface area contributed by atoms with Gasteiger partial charge in [0.25, 0.3) is 0 Å². The molecule has 0 saturated heterocycles. The molecule has 0 spiro atoms. The molecule has 0 saturated carbocycles. The molecule has 0 heterocycles. The molecule has 0 aliphatic carbocycles. The Balaban J connectivity index is 3.77. The first kappa shape index (κ1) is 13.0. The third kappa shape index (κ3) is 4.71. The van der Waals surface area contributed by atoms with Crippen LogP contribution in [0.5, 0.6) is 0 Å². The van der Waals surface area contributed by atoms with E-state index in [-0.39, 0.29) is 12.4 Å². The smallest absolute Gasteiger partial charge is 0.396 e. The van der Waals surface area contributed by atoms with Crippen molar-refractivity contribution in [3.63, 3.8) is 0 Å². The molecule has 1 unspecified atom stereocenters. The van der Waals surface area contributed by atoms with Crippen LogP contribution >= 0.6 is 11.8 Å². The monoisotopic (exact) mass is 220 g/mol. The summed E-state index contributed by atoms with van der Waals surface area (Å²) in [7, 11) is 0.